The van der Waals surface area contributed by atoms with Crippen LogP contribution < -0.4 is 15.4 Å². The molecule has 1 aromatic carbocycles. The van der Waals surface area contributed by atoms with Gasteiger partial charge in [-0.05, 0) is 32.4 Å². The van der Waals surface area contributed by atoms with Crippen LogP contribution >= 0.6 is 35.3 Å². The van der Waals surface area contributed by atoms with Gasteiger partial charge in [0.2, 0.25) is 0 Å². The fourth-order valence-corrected chi connectivity index (χ4v) is 2.98. The minimum Gasteiger partial charge on any atom is -0.492 e. The van der Waals surface area contributed by atoms with E-state index in [0.29, 0.717) is 13.2 Å². The van der Waals surface area contributed by atoms with E-state index in [-0.39, 0.29) is 24.0 Å². The third kappa shape index (κ3) is 8.53. The number of guanidine groups is 1. The van der Waals surface area contributed by atoms with Crippen molar-refractivity contribution >= 4 is 41.3 Å². The maximum atomic E-state index is 5.69. The molecule has 2 aromatic rings. The summed E-state index contributed by atoms with van der Waals surface area (Å²) in [5.74, 6) is 1.70. The summed E-state index contributed by atoms with van der Waals surface area (Å²) in [6.07, 6.45) is 2.03. The fraction of sp³-hybridized carbons (Fsp3) is 0.444. The van der Waals surface area contributed by atoms with Crippen molar-refractivity contribution in [3.8, 4) is 5.75 Å². The van der Waals surface area contributed by atoms with Gasteiger partial charge in [0, 0.05) is 31.1 Å². The van der Waals surface area contributed by atoms with Crippen molar-refractivity contribution in [1.29, 1.82) is 0 Å². The first kappa shape index (κ1) is 21.7. The molecule has 1 aromatic heterocycles. The number of aryl methyl sites for hydroxylation is 3. The zero-order valence-electron chi connectivity index (χ0n) is 15.0. The molecule has 25 heavy (non-hydrogen) atoms. The molecule has 138 valence electrons. The number of hydrogen-bond donors (Lipinski definition) is 2. The maximum Gasteiger partial charge on any atom is 0.191 e. The topological polar surface area (TPSA) is 58.5 Å². The fourth-order valence-electron chi connectivity index (χ4n) is 2.16. The van der Waals surface area contributed by atoms with E-state index in [1.165, 1.54) is 10.6 Å². The van der Waals surface area contributed by atoms with Gasteiger partial charge in [0.25, 0.3) is 0 Å². The molecule has 0 amide bonds. The second-order valence-corrected chi connectivity index (χ2v) is 6.52. The van der Waals surface area contributed by atoms with Crippen LogP contribution in [0.15, 0.2) is 34.6 Å². The van der Waals surface area contributed by atoms with Crippen LogP contribution in [0.4, 0.5) is 0 Å². The van der Waals surface area contributed by atoms with Gasteiger partial charge in [-0.25, -0.2) is 4.98 Å². The van der Waals surface area contributed by atoms with Gasteiger partial charge in [0.05, 0.1) is 11.6 Å². The summed E-state index contributed by atoms with van der Waals surface area (Å²) in [5, 5.41) is 9.86. The molecule has 1 heterocycles. The molecule has 0 fully saturated rings. The van der Waals surface area contributed by atoms with Crippen molar-refractivity contribution in [2.75, 3.05) is 26.7 Å². The second-order valence-electron chi connectivity index (χ2n) is 5.57. The third-order valence-electron chi connectivity index (χ3n) is 3.43. The Morgan fingerprint density at radius 2 is 1.88 bits per heavy atom. The molecule has 0 aliphatic rings. The number of nitrogens with zero attached hydrogens (tertiary/aromatic N) is 2. The molecular formula is C18H27IN4OS. The van der Waals surface area contributed by atoms with Crippen molar-refractivity contribution in [3.63, 3.8) is 0 Å². The number of thiazole rings is 1. The van der Waals surface area contributed by atoms with Crippen LogP contribution in [0.5, 0.6) is 5.75 Å². The highest BCUT2D eigenvalue weighted by atomic mass is 127. The summed E-state index contributed by atoms with van der Waals surface area (Å²) in [6, 6.07) is 8.08. The number of benzene rings is 1. The minimum absolute atomic E-state index is 0. The molecule has 0 saturated heterocycles. The molecule has 0 unspecified atom stereocenters. The number of nitrogens with one attached hydrogen (secondary N) is 2. The molecule has 2 rings (SSSR count). The number of ether oxygens (including phenoxy) is 1. The normalized spacial score (nSPS) is 10.9. The lowest BCUT2D eigenvalue weighted by molar-refractivity contribution is 0.322. The van der Waals surface area contributed by atoms with Gasteiger partial charge in [-0.3, -0.25) is 4.99 Å². The second kappa shape index (κ2) is 12.1. The van der Waals surface area contributed by atoms with E-state index in [1.54, 1.807) is 18.4 Å². The standard InChI is InChI=1S/C18H26N4OS.HI/c1-14-6-8-16(9-7-14)23-12-11-21-18(19-3)20-10-4-5-17-22-15(2)13-24-17;/h6-9,13H,4-5,10-12H2,1-3H3,(H2,19,20,21);1H. The molecular weight excluding hydrogens is 447 g/mol. The molecule has 0 spiro atoms. The van der Waals surface area contributed by atoms with Crippen LogP contribution in [0, 0.1) is 13.8 Å². The van der Waals surface area contributed by atoms with Crippen LogP contribution in [0.25, 0.3) is 0 Å². The summed E-state index contributed by atoms with van der Waals surface area (Å²) in [6.45, 7) is 6.28. The van der Waals surface area contributed by atoms with Crippen molar-refractivity contribution in [3.05, 3.63) is 45.9 Å². The molecule has 0 atom stereocenters. The van der Waals surface area contributed by atoms with Gasteiger partial charge >= 0.3 is 0 Å². The highest BCUT2D eigenvalue weighted by Gasteiger charge is 2.00. The quantitative estimate of drug-likeness (QED) is 0.266. The minimum atomic E-state index is 0. The van der Waals surface area contributed by atoms with Gasteiger partial charge in [-0.15, -0.1) is 35.3 Å². The van der Waals surface area contributed by atoms with Crippen LogP contribution in [0.3, 0.4) is 0 Å². The maximum absolute atomic E-state index is 5.69. The lowest BCUT2D eigenvalue weighted by atomic mass is 10.2. The third-order valence-corrected chi connectivity index (χ3v) is 4.46. The number of halogens is 1. The molecule has 7 heteroatoms. The highest BCUT2D eigenvalue weighted by Crippen LogP contribution is 2.11. The Balaban J connectivity index is 0.00000312. The van der Waals surface area contributed by atoms with Gasteiger partial charge in [-0.2, -0.15) is 0 Å². The van der Waals surface area contributed by atoms with E-state index in [9.17, 15) is 0 Å². The van der Waals surface area contributed by atoms with Crippen molar-refractivity contribution < 1.29 is 4.74 Å². The zero-order chi connectivity index (χ0) is 17.2. The van der Waals surface area contributed by atoms with Crippen LogP contribution in [0.2, 0.25) is 0 Å². The Bertz CT molecular complexity index is 643. The molecule has 0 aliphatic carbocycles. The monoisotopic (exact) mass is 474 g/mol. The van der Waals surface area contributed by atoms with E-state index < -0.39 is 0 Å². The molecule has 0 radical (unpaired) electrons. The van der Waals surface area contributed by atoms with Gasteiger partial charge in [0.15, 0.2) is 5.96 Å². The smallest absolute Gasteiger partial charge is 0.191 e. The van der Waals surface area contributed by atoms with Crippen molar-refractivity contribution in [1.82, 2.24) is 15.6 Å². The van der Waals surface area contributed by atoms with E-state index >= 15 is 0 Å². The lowest BCUT2D eigenvalue weighted by Gasteiger charge is -2.12. The highest BCUT2D eigenvalue weighted by molar-refractivity contribution is 14.0. The Hall–Kier alpha value is -1.35. The average molecular weight is 474 g/mol. The van der Waals surface area contributed by atoms with Crippen LogP contribution in [-0.2, 0) is 6.42 Å². The molecule has 0 aliphatic heterocycles. The first-order valence-electron chi connectivity index (χ1n) is 8.22. The number of aliphatic imine (C=N–C) groups is 1. The predicted octanol–water partition coefficient (Wildman–Crippen LogP) is 3.55. The van der Waals surface area contributed by atoms with E-state index in [1.807, 2.05) is 31.2 Å². The van der Waals surface area contributed by atoms with Crippen LogP contribution in [-0.4, -0.2) is 37.7 Å². The zero-order valence-corrected chi connectivity index (χ0v) is 18.2. The first-order valence-corrected chi connectivity index (χ1v) is 9.10. The lowest BCUT2D eigenvalue weighted by Crippen LogP contribution is -2.39. The van der Waals surface area contributed by atoms with Crippen LogP contribution in [0.1, 0.15) is 22.7 Å². The SMILES string of the molecule is CN=C(NCCCc1nc(C)cs1)NCCOc1ccc(C)cc1.I. The molecule has 5 nitrogen and oxygen atoms in total. The Kier molecular flexibility index (Phi) is 10.5. The number of aromatic nitrogens is 1. The summed E-state index contributed by atoms with van der Waals surface area (Å²) >= 11 is 1.73. The largest absolute Gasteiger partial charge is 0.492 e. The summed E-state index contributed by atoms with van der Waals surface area (Å²) in [7, 11) is 1.78. The van der Waals surface area contributed by atoms with Gasteiger partial charge in [-0.1, -0.05) is 17.7 Å². The number of hydrogen-bond acceptors (Lipinski definition) is 4. The summed E-state index contributed by atoms with van der Waals surface area (Å²) in [5.41, 5.74) is 2.34. The summed E-state index contributed by atoms with van der Waals surface area (Å²) < 4.78 is 5.69. The molecule has 0 bridgehead atoms. The Labute approximate surface area is 171 Å². The summed E-state index contributed by atoms with van der Waals surface area (Å²) in [4.78, 5) is 8.69. The van der Waals surface area contributed by atoms with E-state index in [4.69, 9.17) is 4.74 Å². The van der Waals surface area contributed by atoms with Crippen molar-refractivity contribution in [2.24, 2.45) is 4.99 Å². The van der Waals surface area contributed by atoms with Gasteiger partial charge < -0.3 is 15.4 Å². The van der Waals surface area contributed by atoms with Gasteiger partial charge in [0.1, 0.15) is 12.4 Å². The predicted molar refractivity (Wildman–Crippen MR) is 117 cm³/mol. The Morgan fingerprint density at radius 3 is 2.52 bits per heavy atom. The van der Waals surface area contributed by atoms with Crippen molar-refractivity contribution in [2.45, 2.75) is 26.7 Å². The first-order chi connectivity index (χ1) is 11.7. The number of rotatable bonds is 8. The Morgan fingerprint density at radius 1 is 1.16 bits per heavy atom. The van der Waals surface area contributed by atoms with E-state index in [0.717, 1.165) is 36.8 Å². The van der Waals surface area contributed by atoms with E-state index in [2.05, 4.69) is 32.9 Å². The molecule has 0 saturated carbocycles. The average Bonchev–Trinajstić information content (AvgIpc) is 3.00. The molecule has 2 N–H and O–H groups in total.